The minimum absolute atomic E-state index is 0.0317. The third kappa shape index (κ3) is 3.94. The number of carbonyl (C=O) groups is 1. The Morgan fingerprint density at radius 1 is 1.04 bits per heavy atom. The Balaban J connectivity index is 2.25. The second-order valence-corrected chi connectivity index (χ2v) is 9.57. The van der Waals surface area contributed by atoms with E-state index < -0.39 is 32.6 Å². The van der Waals surface area contributed by atoms with Gasteiger partial charge in [-0.25, -0.2) is 16.8 Å². The molecule has 0 aliphatic carbocycles. The van der Waals surface area contributed by atoms with Crippen LogP contribution in [0, 0.1) is 0 Å². The lowest BCUT2D eigenvalue weighted by molar-refractivity contribution is -0.137. The molecule has 0 saturated carbocycles. The van der Waals surface area contributed by atoms with Crippen LogP contribution in [-0.4, -0.2) is 63.2 Å². The van der Waals surface area contributed by atoms with Crippen molar-refractivity contribution < 1.29 is 26.7 Å². The van der Waals surface area contributed by atoms with Crippen LogP contribution in [-0.2, 0) is 24.8 Å². The van der Waals surface area contributed by atoms with Gasteiger partial charge in [0.15, 0.2) is 0 Å². The smallest absolute Gasteiger partial charge is 0.318 e. The van der Waals surface area contributed by atoms with Gasteiger partial charge in [0.25, 0.3) is 0 Å². The van der Waals surface area contributed by atoms with Crippen molar-refractivity contribution in [3.63, 3.8) is 0 Å². The number of carboxylic acid groups (broad SMARTS) is 1. The van der Waals surface area contributed by atoms with E-state index in [9.17, 15) is 21.6 Å². The number of benzene rings is 1. The highest BCUT2D eigenvalue weighted by Crippen LogP contribution is 2.22. The van der Waals surface area contributed by atoms with Crippen LogP contribution in [0.2, 0.25) is 0 Å². The predicted molar refractivity (Wildman–Crippen MR) is 86.5 cm³/mol. The first-order valence-electron chi connectivity index (χ1n) is 7.44. The quantitative estimate of drug-likeness (QED) is 0.777. The Bertz CT molecular complexity index is 796. The number of likely N-dealkylation sites (N-methyl/N-ethyl adjacent to an activating group) is 1. The highest BCUT2D eigenvalue weighted by atomic mass is 32.2. The third-order valence-corrected chi connectivity index (χ3v) is 7.57. The molecule has 1 N–H and O–H groups in total. The van der Waals surface area contributed by atoms with Crippen LogP contribution >= 0.6 is 0 Å². The van der Waals surface area contributed by atoms with Crippen LogP contribution in [0.1, 0.15) is 19.3 Å². The maximum absolute atomic E-state index is 12.5. The Morgan fingerprint density at radius 3 is 2.04 bits per heavy atom. The van der Waals surface area contributed by atoms with Gasteiger partial charge in [-0.05, 0) is 37.1 Å². The molecule has 2 rings (SSSR count). The molecule has 134 valence electrons. The molecule has 8 nitrogen and oxygen atoms in total. The average molecular weight is 376 g/mol. The fraction of sp³-hybridized carbons (Fsp3) is 0.500. The van der Waals surface area contributed by atoms with Crippen LogP contribution < -0.4 is 0 Å². The molecule has 0 radical (unpaired) electrons. The van der Waals surface area contributed by atoms with Gasteiger partial charge in [0.1, 0.15) is 6.54 Å². The monoisotopic (exact) mass is 376 g/mol. The highest BCUT2D eigenvalue weighted by Gasteiger charge is 2.27. The number of rotatable bonds is 6. The molecule has 0 spiro atoms. The molecule has 1 saturated heterocycles. The summed E-state index contributed by atoms with van der Waals surface area (Å²) in [4.78, 5) is 10.5. The van der Waals surface area contributed by atoms with E-state index >= 15 is 0 Å². The van der Waals surface area contributed by atoms with Crippen molar-refractivity contribution in [2.75, 3.05) is 26.7 Å². The number of carboxylic acids is 1. The molecule has 10 heteroatoms. The molecule has 1 aromatic rings. The normalized spacial score (nSPS) is 17.1. The van der Waals surface area contributed by atoms with Crippen molar-refractivity contribution >= 4 is 26.0 Å². The van der Waals surface area contributed by atoms with Gasteiger partial charge in [0.05, 0.1) is 9.79 Å². The maximum Gasteiger partial charge on any atom is 0.318 e. The second kappa shape index (κ2) is 7.18. The van der Waals surface area contributed by atoms with E-state index in [0.29, 0.717) is 17.4 Å². The van der Waals surface area contributed by atoms with E-state index in [2.05, 4.69) is 0 Å². The lowest BCUT2D eigenvalue weighted by Gasteiger charge is -2.26. The average Bonchev–Trinajstić information content (AvgIpc) is 2.55. The van der Waals surface area contributed by atoms with Gasteiger partial charge < -0.3 is 5.11 Å². The molecule has 0 bridgehead atoms. The van der Waals surface area contributed by atoms with E-state index in [1.54, 1.807) is 0 Å². The van der Waals surface area contributed by atoms with Gasteiger partial charge >= 0.3 is 5.97 Å². The van der Waals surface area contributed by atoms with Gasteiger partial charge in [0, 0.05) is 20.1 Å². The van der Waals surface area contributed by atoms with Crippen molar-refractivity contribution in [1.82, 2.24) is 8.61 Å². The molecule has 0 aromatic heterocycles. The zero-order valence-electron chi connectivity index (χ0n) is 13.3. The van der Waals surface area contributed by atoms with E-state index in [1.807, 2.05) is 0 Å². The first-order valence-corrected chi connectivity index (χ1v) is 10.3. The van der Waals surface area contributed by atoms with Crippen LogP contribution in [0.5, 0.6) is 0 Å². The Hall–Kier alpha value is -1.49. The Morgan fingerprint density at radius 2 is 1.54 bits per heavy atom. The standard InChI is InChI=1S/C14H20N2O6S2/c1-15(11-14(17)18)23(19,20)12-5-7-13(8-6-12)24(21,22)16-9-3-2-4-10-16/h5-8H,2-4,9-11H2,1H3,(H,17,18). The number of aliphatic carboxylic acids is 1. The lowest BCUT2D eigenvalue weighted by atomic mass is 10.2. The summed E-state index contributed by atoms with van der Waals surface area (Å²) in [5.74, 6) is -1.27. The number of piperidine rings is 1. The molecule has 1 aromatic carbocycles. The summed E-state index contributed by atoms with van der Waals surface area (Å²) in [6.45, 7) is 0.254. The van der Waals surface area contributed by atoms with Crippen molar-refractivity contribution in [3.8, 4) is 0 Å². The summed E-state index contributed by atoms with van der Waals surface area (Å²) < 4.78 is 51.6. The van der Waals surface area contributed by atoms with E-state index in [0.717, 1.165) is 26.3 Å². The largest absolute Gasteiger partial charge is 0.480 e. The minimum atomic E-state index is -3.98. The molecule has 1 fully saturated rings. The van der Waals surface area contributed by atoms with Crippen molar-refractivity contribution in [1.29, 1.82) is 0 Å². The van der Waals surface area contributed by atoms with Gasteiger partial charge in [-0.1, -0.05) is 6.42 Å². The number of sulfonamides is 2. The molecule has 1 aliphatic rings. The first-order chi connectivity index (χ1) is 11.2. The van der Waals surface area contributed by atoms with Crippen molar-refractivity contribution in [3.05, 3.63) is 24.3 Å². The summed E-state index contributed by atoms with van der Waals surface area (Å²) in [6.07, 6.45) is 2.62. The molecule has 0 atom stereocenters. The number of hydrogen-bond donors (Lipinski definition) is 1. The molecule has 0 unspecified atom stereocenters. The zero-order chi connectivity index (χ0) is 18.0. The summed E-state index contributed by atoms with van der Waals surface area (Å²) in [5, 5.41) is 8.70. The number of nitrogens with zero attached hydrogens (tertiary/aromatic N) is 2. The van der Waals surface area contributed by atoms with Crippen molar-refractivity contribution in [2.24, 2.45) is 0 Å². The number of hydrogen-bond acceptors (Lipinski definition) is 5. The van der Waals surface area contributed by atoms with Gasteiger partial charge in [-0.3, -0.25) is 4.79 Å². The SMILES string of the molecule is CN(CC(=O)O)S(=O)(=O)c1ccc(S(=O)(=O)N2CCCCC2)cc1. The molecule has 1 heterocycles. The summed E-state index contributed by atoms with van der Waals surface area (Å²) in [6, 6.07) is 4.85. The van der Waals surface area contributed by atoms with Gasteiger partial charge in [0.2, 0.25) is 20.0 Å². The van der Waals surface area contributed by atoms with Crippen LogP contribution in [0.3, 0.4) is 0 Å². The van der Waals surface area contributed by atoms with Crippen LogP contribution in [0.25, 0.3) is 0 Å². The summed E-state index contributed by atoms with van der Waals surface area (Å²) >= 11 is 0. The van der Waals surface area contributed by atoms with E-state index in [-0.39, 0.29) is 9.79 Å². The maximum atomic E-state index is 12.5. The van der Waals surface area contributed by atoms with E-state index in [4.69, 9.17) is 5.11 Å². The molecule has 0 amide bonds. The molecular weight excluding hydrogens is 356 g/mol. The highest BCUT2D eigenvalue weighted by molar-refractivity contribution is 7.89. The van der Waals surface area contributed by atoms with E-state index in [1.165, 1.54) is 28.6 Å². The minimum Gasteiger partial charge on any atom is -0.480 e. The van der Waals surface area contributed by atoms with Crippen molar-refractivity contribution in [2.45, 2.75) is 29.1 Å². The Kier molecular flexibility index (Phi) is 5.63. The molecule has 24 heavy (non-hydrogen) atoms. The molecule has 1 aliphatic heterocycles. The lowest BCUT2D eigenvalue weighted by Crippen LogP contribution is -2.35. The Labute approximate surface area is 141 Å². The fourth-order valence-corrected chi connectivity index (χ4v) is 5.13. The molecular formula is C14H20N2O6S2. The predicted octanol–water partition coefficient (Wildman–Crippen LogP) is 0.566. The third-order valence-electron chi connectivity index (χ3n) is 3.84. The van der Waals surface area contributed by atoms with Gasteiger partial charge in [-0.2, -0.15) is 8.61 Å². The first kappa shape index (κ1) is 18.8. The van der Waals surface area contributed by atoms with Gasteiger partial charge in [-0.15, -0.1) is 0 Å². The zero-order valence-corrected chi connectivity index (χ0v) is 14.9. The summed E-state index contributed by atoms with van der Waals surface area (Å²) in [5.41, 5.74) is 0. The van der Waals surface area contributed by atoms with Crippen LogP contribution in [0.4, 0.5) is 0 Å². The second-order valence-electron chi connectivity index (χ2n) is 5.59. The van der Waals surface area contributed by atoms with Crippen LogP contribution in [0.15, 0.2) is 34.1 Å². The fourth-order valence-electron chi connectivity index (χ4n) is 2.49. The topological polar surface area (TPSA) is 112 Å². The summed E-state index contributed by atoms with van der Waals surface area (Å²) in [7, 11) is -6.46.